The first-order chi connectivity index (χ1) is 15.2. The summed E-state index contributed by atoms with van der Waals surface area (Å²) in [5, 5.41) is -0.00899. The maximum Gasteiger partial charge on any atom is 0.264 e. The number of hydrogen-bond donors (Lipinski definition) is 0. The molecule has 0 unspecified atom stereocenters. The number of rotatable bonds is 5. The van der Waals surface area contributed by atoms with Crippen molar-refractivity contribution in [3.8, 4) is 0 Å². The summed E-state index contributed by atoms with van der Waals surface area (Å²) < 4.78 is 68.8. The van der Waals surface area contributed by atoms with Crippen molar-refractivity contribution >= 4 is 33.1 Å². The SMILES string of the molecule is O=C(Cc1ccc2c(c1)N(S(=O)(=O)c1cc(F)cc(F)c1)CCC2)c1c(F)cccc1Cl. The van der Waals surface area contributed by atoms with E-state index in [-0.39, 0.29) is 23.6 Å². The van der Waals surface area contributed by atoms with E-state index in [1.165, 1.54) is 18.2 Å². The summed E-state index contributed by atoms with van der Waals surface area (Å²) in [7, 11) is -4.24. The molecule has 0 amide bonds. The standard InChI is InChI=1S/C23H17ClF3NO3S/c24-19-4-1-5-20(27)23(19)22(29)10-14-6-7-15-3-2-8-28(21(15)9-14)32(30,31)18-12-16(25)11-17(26)13-18/h1,4-7,9,11-13H,2-3,8,10H2. The molecule has 0 N–H and O–H groups in total. The minimum Gasteiger partial charge on any atom is -0.294 e. The van der Waals surface area contributed by atoms with Crippen LogP contribution >= 0.6 is 11.6 Å². The Morgan fingerprint density at radius 2 is 1.72 bits per heavy atom. The quantitative estimate of drug-likeness (QED) is 0.465. The fourth-order valence-electron chi connectivity index (χ4n) is 3.79. The molecule has 32 heavy (non-hydrogen) atoms. The lowest BCUT2D eigenvalue weighted by Crippen LogP contribution is -2.35. The number of aryl methyl sites for hydroxylation is 1. The average Bonchev–Trinajstić information content (AvgIpc) is 2.72. The number of carbonyl (C=O) groups excluding carboxylic acids is 1. The van der Waals surface area contributed by atoms with Gasteiger partial charge in [0, 0.05) is 19.0 Å². The van der Waals surface area contributed by atoms with E-state index in [0.717, 1.165) is 28.1 Å². The maximum absolute atomic E-state index is 14.1. The number of halogens is 4. The maximum atomic E-state index is 14.1. The molecular weight excluding hydrogens is 463 g/mol. The van der Waals surface area contributed by atoms with Crippen LogP contribution in [0.5, 0.6) is 0 Å². The first kappa shape index (κ1) is 22.4. The van der Waals surface area contributed by atoms with Crippen LogP contribution in [0.4, 0.5) is 18.9 Å². The summed E-state index contributed by atoms with van der Waals surface area (Å²) >= 11 is 5.97. The first-order valence-corrected chi connectivity index (χ1v) is 11.6. The molecule has 1 aliphatic heterocycles. The van der Waals surface area contributed by atoms with E-state index in [1.807, 2.05) is 0 Å². The average molecular weight is 480 g/mol. The van der Waals surface area contributed by atoms with Gasteiger partial charge in [-0.25, -0.2) is 21.6 Å². The van der Waals surface area contributed by atoms with Crippen LogP contribution in [0, 0.1) is 17.5 Å². The van der Waals surface area contributed by atoms with Gasteiger partial charge in [-0.05, 0) is 54.3 Å². The Morgan fingerprint density at radius 1 is 1.00 bits per heavy atom. The molecule has 0 saturated carbocycles. The molecule has 3 aromatic rings. The topological polar surface area (TPSA) is 54.5 Å². The second kappa shape index (κ2) is 8.60. The molecule has 3 aromatic carbocycles. The van der Waals surface area contributed by atoms with E-state index in [1.54, 1.807) is 12.1 Å². The molecule has 0 aromatic heterocycles. The van der Waals surface area contributed by atoms with Gasteiger partial charge >= 0.3 is 0 Å². The molecule has 0 bridgehead atoms. The van der Waals surface area contributed by atoms with E-state index in [0.29, 0.717) is 30.2 Å². The summed E-state index contributed by atoms with van der Waals surface area (Å²) in [6.07, 6.45) is 0.926. The second-order valence-electron chi connectivity index (χ2n) is 7.45. The van der Waals surface area contributed by atoms with E-state index >= 15 is 0 Å². The molecule has 0 radical (unpaired) electrons. The van der Waals surface area contributed by atoms with Gasteiger partial charge < -0.3 is 0 Å². The lowest BCUT2D eigenvalue weighted by molar-refractivity contribution is 0.0989. The highest BCUT2D eigenvalue weighted by Gasteiger charge is 2.30. The lowest BCUT2D eigenvalue weighted by atomic mass is 9.97. The monoisotopic (exact) mass is 479 g/mol. The van der Waals surface area contributed by atoms with Crippen molar-refractivity contribution in [2.75, 3.05) is 10.8 Å². The minimum absolute atomic E-state index is 0.00899. The predicted molar refractivity (Wildman–Crippen MR) is 115 cm³/mol. The van der Waals surface area contributed by atoms with Crippen molar-refractivity contribution in [3.63, 3.8) is 0 Å². The first-order valence-electron chi connectivity index (χ1n) is 9.74. The molecule has 4 nitrogen and oxygen atoms in total. The number of sulfonamides is 1. The normalized spacial score (nSPS) is 13.7. The van der Waals surface area contributed by atoms with Crippen LogP contribution in [0.25, 0.3) is 0 Å². The Hall–Kier alpha value is -2.84. The lowest BCUT2D eigenvalue weighted by Gasteiger charge is -2.31. The van der Waals surface area contributed by atoms with E-state index in [2.05, 4.69) is 0 Å². The van der Waals surface area contributed by atoms with Crippen molar-refractivity contribution in [3.05, 3.63) is 93.8 Å². The highest BCUT2D eigenvalue weighted by Crippen LogP contribution is 2.34. The molecule has 0 atom stereocenters. The van der Waals surface area contributed by atoms with Gasteiger partial charge in [0.2, 0.25) is 0 Å². The number of fused-ring (bicyclic) bond motifs is 1. The number of ketones is 1. The van der Waals surface area contributed by atoms with Gasteiger partial charge in [0.05, 0.1) is 21.2 Å². The Kier molecular flexibility index (Phi) is 6.01. The Morgan fingerprint density at radius 3 is 2.41 bits per heavy atom. The van der Waals surface area contributed by atoms with Crippen molar-refractivity contribution in [1.29, 1.82) is 0 Å². The van der Waals surface area contributed by atoms with E-state index < -0.39 is 38.2 Å². The third-order valence-electron chi connectivity index (χ3n) is 5.26. The summed E-state index contributed by atoms with van der Waals surface area (Å²) in [6.45, 7) is 0.115. The van der Waals surface area contributed by atoms with Crippen LogP contribution < -0.4 is 4.31 Å². The van der Waals surface area contributed by atoms with Crippen LogP contribution in [-0.4, -0.2) is 20.7 Å². The highest BCUT2D eigenvalue weighted by molar-refractivity contribution is 7.92. The Balaban J connectivity index is 1.70. The number of anilines is 1. The van der Waals surface area contributed by atoms with Gasteiger partial charge in [0.15, 0.2) is 5.78 Å². The van der Waals surface area contributed by atoms with Crippen LogP contribution in [0.15, 0.2) is 59.5 Å². The van der Waals surface area contributed by atoms with E-state index in [4.69, 9.17) is 11.6 Å². The van der Waals surface area contributed by atoms with Crippen molar-refractivity contribution in [2.24, 2.45) is 0 Å². The molecule has 0 spiro atoms. The summed E-state index contributed by atoms with van der Waals surface area (Å²) in [4.78, 5) is 12.2. The molecular formula is C23H17ClF3NO3S. The van der Waals surface area contributed by atoms with Crippen LogP contribution in [0.3, 0.4) is 0 Å². The highest BCUT2D eigenvalue weighted by atomic mass is 35.5. The third-order valence-corrected chi connectivity index (χ3v) is 7.36. The Bertz CT molecular complexity index is 1290. The Labute approximate surface area is 188 Å². The zero-order chi connectivity index (χ0) is 23.0. The largest absolute Gasteiger partial charge is 0.294 e. The molecule has 4 rings (SSSR count). The second-order valence-corrected chi connectivity index (χ2v) is 9.72. The molecule has 1 aliphatic rings. The molecule has 0 fully saturated rings. The summed E-state index contributed by atoms with van der Waals surface area (Å²) in [6, 6.07) is 11.0. The van der Waals surface area contributed by atoms with Gasteiger partial charge in [0.1, 0.15) is 17.5 Å². The summed E-state index contributed by atoms with van der Waals surface area (Å²) in [5.41, 5.74) is 1.27. The molecule has 166 valence electrons. The molecule has 1 heterocycles. The number of Topliss-reactive ketones (excluding diaryl/α,β-unsaturated/α-hetero) is 1. The van der Waals surface area contributed by atoms with Gasteiger partial charge in [-0.3, -0.25) is 9.10 Å². The molecule has 0 saturated heterocycles. The van der Waals surface area contributed by atoms with Gasteiger partial charge in [-0.1, -0.05) is 29.8 Å². The van der Waals surface area contributed by atoms with Gasteiger partial charge in [-0.15, -0.1) is 0 Å². The zero-order valence-corrected chi connectivity index (χ0v) is 18.2. The van der Waals surface area contributed by atoms with Crippen LogP contribution in [0.1, 0.15) is 27.9 Å². The van der Waals surface area contributed by atoms with Crippen LogP contribution in [-0.2, 0) is 22.9 Å². The van der Waals surface area contributed by atoms with Gasteiger partial charge in [-0.2, -0.15) is 0 Å². The number of carbonyl (C=O) groups is 1. The van der Waals surface area contributed by atoms with Gasteiger partial charge in [0.25, 0.3) is 10.0 Å². The van der Waals surface area contributed by atoms with Crippen molar-refractivity contribution < 1.29 is 26.4 Å². The number of benzene rings is 3. The fourth-order valence-corrected chi connectivity index (χ4v) is 5.63. The fraction of sp³-hybridized carbons (Fsp3) is 0.174. The third kappa shape index (κ3) is 4.25. The number of nitrogens with zero attached hydrogens (tertiary/aromatic N) is 1. The van der Waals surface area contributed by atoms with Crippen molar-refractivity contribution in [1.82, 2.24) is 0 Å². The smallest absolute Gasteiger partial charge is 0.264 e. The van der Waals surface area contributed by atoms with Crippen molar-refractivity contribution in [2.45, 2.75) is 24.2 Å². The van der Waals surface area contributed by atoms with E-state index in [9.17, 15) is 26.4 Å². The summed E-state index contributed by atoms with van der Waals surface area (Å²) in [5.74, 6) is -3.29. The number of hydrogen-bond acceptors (Lipinski definition) is 3. The van der Waals surface area contributed by atoms with Crippen LogP contribution in [0.2, 0.25) is 5.02 Å². The molecule has 0 aliphatic carbocycles. The predicted octanol–water partition coefficient (Wildman–Crippen LogP) is 5.32. The zero-order valence-electron chi connectivity index (χ0n) is 16.6. The molecule has 9 heteroatoms. The minimum atomic E-state index is -4.24.